The first-order valence-corrected chi connectivity index (χ1v) is 7.34. The molecule has 0 aromatic heterocycles. The summed E-state index contributed by atoms with van der Waals surface area (Å²) < 4.78 is 5.35. The predicted octanol–water partition coefficient (Wildman–Crippen LogP) is 1.65. The molecule has 1 atom stereocenters. The third kappa shape index (κ3) is 5.83. The van der Waals surface area contributed by atoms with Crippen LogP contribution < -0.4 is 5.32 Å². The smallest absolute Gasteiger partial charge is 0.248 e. The Morgan fingerprint density at radius 3 is 2.83 bits per heavy atom. The Balaban J connectivity index is 2.34. The average molecular weight is 256 g/mol. The van der Waals surface area contributed by atoms with Gasteiger partial charge in [0.15, 0.2) is 0 Å². The fraction of sp³-hybridized carbons (Fsp3) is 0.929. The number of nitrogens with zero attached hydrogens (tertiary/aromatic N) is 1. The molecule has 106 valence electrons. The van der Waals surface area contributed by atoms with E-state index in [-0.39, 0.29) is 12.5 Å². The van der Waals surface area contributed by atoms with Crippen molar-refractivity contribution in [1.82, 2.24) is 10.2 Å². The Labute approximate surface area is 111 Å². The van der Waals surface area contributed by atoms with Gasteiger partial charge in [-0.2, -0.15) is 0 Å². The fourth-order valence-corrected chi connectivity index (χ4v) is 2.37. The second kappa shape index (κ2) is 9.34. The standard InChI is InChI=1S/C14H28N2O2/c1-3-8-16(14(17)12-18-9-4-2)11-13-6-5-7-15-10-13/h13,15H,3-12H2,1-2H3. The third-order valence-electron chi connectivity index (χ3n) is 3.30. The molecule has 0 spiro atoms. The van der Waals surface area contributed by atoms with Crippen molar-refractivity contribution in [2.24, 2.45) is 5.92 Å². The van der Waals surface area contributed by atoms with Crippen LogP contribution in [0, 0.1) is 5.92 Å². The van der Waals surface area contributed by atoms with Gasteiger partial charge in [0, 0.05) is 19.7 Å². The van der Waals surface area contributed by atoms with Gasteiger partial charge in [-0.15, -0.1) is 0 Å². The van der Waals surface area contributed by atoms with E-state index in [0.717, 1.165) is 39.0 Å². The first-order chi connectivity index (χ1) is 8.77. The first-order valence-electron chi connectivity index (χ1n) is 7.34. The van der Waals surface area contributed by atoms with Crippen molar-refractivity contribution >= 4 is 5.91 Å². The highest BCUT2D eigenvalue weighted by molar-refractivity contribution is 5.77. The Morgan fingerprint density at radius 2 is 2.22 bits per heavy atom. The maximum atomic E-state index is 12.1. The number of amides is 1. The van der Waals surface area contributed by atoms with Gasteiger partial charge >= 0.3 is 0 Å². The van der Waals surface area contributed by atoms with Crippen LogP contribution in [0.5, 0.6) is 0 Å². The van der Waals surface area contributed by atoms with Gasteiger partial charge in [0.2, 0.25) is 5.91 Å². The molecule has 4 heteroatoms. The molecule has 0 bridgehead atoms. The van der Waals surface area contributed by atoms with Gasteiger partial charge in [-0.3, -0.25) is 4.79 Å². The second-order valence-electron chi connectivity index (χ2n) is 5.10. The molecule has 1 aliphatic rings. The lowest BCUT2D eigenvalue weighted by Crippen LogP contribution is -2.42. The highest BCUT2D eigenvalue weighted by Crippen LogP contribution is 2.12. The summed E-state index contributed by atoms with van der Waals surface area (Å²) in [5, 5.41) is 3.40. The van der Waals surface area contributed by atoms with Crippen molar-refractivity contribution in [3.63, 3.8) is 0 Å². The number of carbonyl (C=O) groups excluding carboxylic acids is 1. The molecule has 18 heavy (non-hydrogen) atoms. The summed E-state index contributed by atoms with van der Waals surface area (Å²) in [7, 11) is 0. The van der Waals surface area contributed by atoms with E-state index >= 15 is 0 Å². The minimum atomic E-state index is 0.149. The molecule has 1 fully saturated rings. The van der Waals surface area contributed by atoms with Crippen LogP contribution in [0.15, 0.2) is 0 Å². The lowest BCUT2D eigenvalue weighted by Gasteiger charge is -2.30. The molecule has 4 nitrogen and oxygen atoms in total. The molecule has 1 aliphatic heterocycles. The summed E-state index contributed by atoms with van der Waals surface area (Å²) >= 11 is 0. The molecule has 1 amide bonds. The van der Waals surface area contributed by atoms with Crippen LogP contribution in [0.1, 0.15) is 39.5 Å². The van der Waals surface area contributed by atoms with Crippen LogP contribution >= 0.6 is 0 Å². The molecule has 1 rings (SSSR count). The molecule has 1 N–H and O–H groups in total. The van der Waals surface area contributed by atoms with Crippen molar-refractivity contribution in [2.45, 2.75) is 39.5 Å². The maximum Gasteiger partial charge on any atom is 0.248 e. The third-order valence-corrected chi connectivity index (χ3v) is 3.30. The quantitative estimate of drug-likeness (QED) is 0.671. The predicted molar refractivity (Wildman–Crippen MR) is 73.6 cm³/mol. The van der Waals surface area contributed by atoms with Crippen LogP contribution in [0.25, 0.3) is 0 Å². The summed E-state index contributed by atoms with van der Waals surface area (Å²) in [6, 6.07) is 0. The van der Waals surface area contributed by atoms with E-state index in [2.05, 4.69) is 19.2 Å². The molecule has 0 radical (unpaired) electrons. The molecule has 0 aliphatic carbocycles. The lowest BCUT2D eigenvalue weighted by atomic mass is 9.99. The normalized spacial score (nSPS) is 19.8. The van der Waals surface area contributed by atoms with Crippen molar-refractivity contribution in [2.75, 3.05) is 39.4 Å². The van der Waals surface area contributed by atoms with Gasteiger partial charge in [0.05, 0.1) is 0 Å². The van der Waals surface area contributed by atoms with Crippen molar-refractivity contribution in [3.05, 3.63) is 0 Å². The molecule has 0 aromatic carbocycles. The van der Waals surface area contributed by atoms with E-state index in [1.54, 1.807) is 0 Å². The number of nitrogens with one attached hydrogen (secondary N) is 1. The van der Waals surface area contributed by atoms with Crippen LogP contribution in [0.3, 0.4) is 0 Å². The number of rotatable bonds is 8. The zero-order valence-electron chi connectivity index (χ0n) is 11.9. The highest BCUT2D eigenvalue weighted by Gasteiger charge is 2.20. The minimum Gasteiger partial charge on any atom is -0.372 e. The van der Waals surface area contributed by atoms with Gasteiger partial charge in [-0.1, -0.05) is 13.8 Å². The van der Waals surface area contributed by atoms with E-state index in [0.29, 0.717) is 12.5 Å². The van der Waals surface area contributed by atoms with Crippen LogP contribution in [0.2, 0.25) is 0 Å². The van der Waals surface area contributed by atoms with Gasteiger partial charge in [0.25, 0.3) is 0 Å². The van der Waals surface area contributed by atoms with Crippen LogP contribution in [0.4, 0.5) is 0 Å². The molecule has 0 saturated carbocycles. The van der Waals surface area contributed by atoms with Crippen molar-refractivity contribution < 1.29 is 9.53 Å². The van der Waals surface area contributed by atoms with Gasteiger partial charge in [-0.05, 0) is 44.7 Å². The highest BCUT2D eigenvalue weighted by atomic mass is 16.5. The largest absolute Gasteiger partial charge is 0.372 e. The zero-order valence-corrected chi connectivity index (χ0v) is 11.9. The maximum absolute atomic E-state index is 12.1. The van der Waals surface area contributed by atoms with E-state index in [9.17, 15) is 4.79 Å². The van der Waals surface area contributed by atoms with Crippen molar-refractivity contribution in [1.29, 1.82) is 0 Å². The van der Waals surface area contributed by atoms with Gasteiger partial charge < -0.3 is 15.0 Å². The number of hydrogen-bond donors (Lipinski definition) is 1. The minimum absolute atomic E-state index is 0.149. The summed E-state index contributed by atoms with van der Waals surface area (Å²) in [4.78, 5) is 14.0. The summed E-state index contributed by atoms with van der Waals surface area (Å²) in [6.07, 6.45) is 4.44. The number of hydrogen-bond acceptors (Lipinski definition) is 3. The van der Waals surface area contributed by atoms with E-state index in [4.69, 9.17) is 4.74 Å². The topological polar surface area (TPSA) is 41.6 Å². The first kappa shape index (κ1) is 15.4. The molecule has 1 heterocycles. The zero-order chi connectivity index (χ0) is 13.2. The Bertz CT molecular complexity index is 228. The Kier molecular flexibility index (Phi) is 8.01. The monoisotopic (exact) mass is 256 g/mol. The summed E-state index contributed by atoms with van der Waals surface area (Å²) in [5.41, 5.74) is 0. The van der Waals surface area contributed by atoms with E-state index in [1.165, 1.54) is 12.8 Å². The van der Waals surface area contributed by atoms with Crippen LogP contribution in [-0.4, -0.2) is 50.2 Å². The van der Waals surface area contributed by atoms with E-state index < -0.39 is 0 Å². The summed E-state index contributed by atoms with van der Waals surface area (Å²) in [6.45, 7) is 9.00. The van der Waals surface area contributed by atoms with E-state index in [1.807, 2.05) is 4.90 Å². The molecule has 1 saturated heterocycles. The number of carbonyl (C=O) groups is 1. The number of piperidine rings is 1. The Morgan fingerprint density at radius 1 is 1.39 bits per heavy atom. The van der Waals surface area contributed by atoms with Gasteiger partial charge in [0.1, 0.15) is 6.61 Å². The Hall–Kier alpha value is -0.610. The van der Waals surface area contributed by atoms with Crippen molar-refractivity contribution in [3.8, 4) is 0 Å². The van der Waals surface area contributed by atoms with Gasteiger partial charge in [-0.25, -0.2) is 0 Å². The summed E-state index contributed by atoms with van der Waals surface area (Å²) in [5.74, 6) is 0.760. The molecule has 1 unspecified atom stereocenters. The molecular weight excluding hydrogens is 228 g/mol. The second-order valence-corrected chi connectivity index (χ2v) is 5.10. The number of ether oxygens (including phenoxy) is 1. The van der Waals surface area contributed by atoms with Crippen LogP contribution in [-0.2, 0) is 9.53 Å². The molecule has 0 aromatic rings. The lowest BCUT2D eigenvalue weighted by molar-refractivity contribution is -0.136. The molecular formula is C14H28N2O2. The fourth-order valence-electron chi connectivity index (χ4n) is 2.37. The average Bonchev–Trinajstić information content (AvgIpc) is 2.39. The SMILES string of the molecule is CCCOCC(=O)N(CCC)CC1CCCNC1.